The summed E-state index contributed by atoms with van der Waals surface area (Å²) < 4.78 is 7.19. The third kappa shape index (κ3) is 3.68. The van der Waals surface area contributed by atoms with Crippen LogP contribution < -0.4 is 5.32 Å². The summed E-state index contributed by atoms with van der Waals surface area (Å²) in [5.74, 6) is 1.81. The van der Waals surface area contributed by atoms with E-state index in [-0.39, 0.29) is 12.4 Å². The minimum absolute atomic E-state index is 0. The summed E-state index contributed by atoms with van der Waals surface area (Å²) in [5.41, 5.74) is 0. The second-order valence-corrected chi connectivity index (χ2v) is 3.87. The molecule has 0 aliphatic heterocycles. The topological polar surface area (TPSA) is 43.0 Å². The van der Waals surface area contributed by atoms with E-state index in [9.17, 15) is 0 Å². The number of anilines is 1. The average Bonchev–Trinajstić information content (AvgIpc) is 2.85. The number of halogens is 2. The van der Waals surface area contributed by atoms with Crippen LogP contribution in [0.3, 0.4) is 0 Å². The van der Waals surface area contributed by atoms with E-state index in [1.807, 2.05) is 16.8 Å². The van der Waals surface area contributed by atoms with Crippen LogP contribution in [-0.2, 0) is 13.1 Å². The van der Waals surface area contributed by atoms with Crippen molar-refractivity contribution in [2.45, 2.75) is 26.4 Å². The minimum Gasteiger partial charge on any atom is -0.448 e. The fourth-order valence-corrected chi connectivity index (χ4v) is 1.66. The Labute approximate surface area is 111 Å². The molecule has 4 nitrogen and oxygen atoms in total. The van der Waals surface area contributed by atoms with Crippen LogP contribution in [-0.4, -0.2) is 9.78 Å². The second-order valence-electron chi connectivity index (χ2n) is 3.50. The van der Waals surface area contributed by atoms with E-state index >= 15 is 0 Å². The number of rotatable bonds is 5. The molecule has 0 saturated carbocycles. The van der Waals surface area contributed by atoms with E-state index in [1.165, 1.54) is 0 Å². The van der Waals surface area contributed by atoms with Gasteiger partial charge in [-0.1, -0.05) is 6.92 Å². The SMILES string of the molecule is CCCn1nccc1NCc1ccc(Cl)o1.Cl. The molecular formula is C11H15Cl2N3O. The molecule has 2 aromatic rings. The monoisotopic (exact) mass is 275 g/mol. The van der Waals surface area contributed by atoms with Crippen molar-refractivity contribution in [1.29, 1.82) is 0 Å². The minimum atomic E-state index is 0. The van der Waals surface area contributed by atoms with Crippen molar-refractivity contribution in [3.8, 4) is 0 Å². The van der Waals surface area contributed by atoms with Gasteiger partial charge in [0.1, 0.15) is 11.6 Å². The van der Waals surface area contributed by atoms with Crippen LogP contribution in [0.25, 0.3) is 0 Å². The van der Waals surface area contributed by atoms with Gasteiger partial charge >= 0.3 is 0 Å². The summed E-state index contributed by atoms with van der Waals surface area (Å²) in [5, 5.41) is 7.89. The number of furan rings is 1. The maximum Gasteiger partial charge on any atom is 0.193 e. The normalized spacial score (nSPS) is 10.0. The van der Waals surface area contributed by atoms with Gasteiger partial charge in [-0.3, -0.25) is 0 Å². The highest BCUT2D eigenvalue weighted by molar-refractivity contribution is 6.28. The first-order valence-corrected chi connectivity index (χ1v) is 5.67. The van der Waals surface area contributed by atoms with Gasteiger partial charge in [-0.2, -0.15) is 5.10 Å². The lowest BCUT2D eigenvalue weighted by atomic mass is 10.4. The van der Waals surface area contributed by atoms with E-state index in [0.29, 0.717) is 11.8 Å². The van der Waals surface area contributed by atoms with Crippen LogP contribution in [0.1, 0.15) is 19.1 Å². The van der Waals surface area contributed by atoms with Crippen LogP contribution >= 0.6 is 24.0 Å². The van der Waals surface area contributed by atoms with Crippen LogP contribution in [0.4, 0.5) is 5.82 Å². The third-order valence-electron chi connectivity index (χ3n) is 2.22. The molecule has 0 bridgehead atoms. The Morgan fingerprint density at radius 1 is 1.41 bits per heavy atom. The van der Waals surface area contributed by atoms with E-state index < -0.39 is 0 Å². The van der Waals surface area contributed by atoms with E-state index in [1.54, 1.807) is 12.3 Å². The molecule has 0 radical (unpaired) electrons. The predicted octanol–water partition coefficient (Wildman–Crippen LogP) is 3.57. The number of hydrogen-bond donors (Lipinski definition) is 1. The molecule has 94 valence electrons. The molecule has 1 N–H and O–H groups in total. The summed E-state index contributed by atoms with van der Waals surface area (Å²) in [6.07, 6.45) is 2.84. The van der Waals surface area contributed by atoms with Crippen molar-refractivity contribution in [1.82, 2.24) is 9.78 Å². The molecular weight excluding hydrogens is 261 g/mol. The third-order valence-corrected chi connectivity index (χ3v) is 2.43. The highest BCUT2D eigenvalue weighted by atomic mass is 35.5. The van der Waals surface area contributed by atoms with Crippen molar-refractivity contribution >= 4 is 29.8 Å². The molecule has 2 rings (SSSR count). The Balaban J connectivity index is 0.00000144. The molecule has 17 heavy (non-hydrogen) atoms. The maximum atomic E-state index is 5.69. The molecule has 0 unspecified atom stereocenters. The highest BCUT2D eigenvalue weighted by Crippen LogP contribution is 2.15. The van der Waals surface area contributed by atoms with Gasteiger partial charge in [-0.25, -0.2) is 4.68 Å². The van der Waals surface area contributed by atoms with Crippen molar-refractivity contribution in [2.75, 3.05) is 5.32 Å². The lowest BCUT2D eigenvalue weighted by molar-refractivity contribution is 0.518. The van der Waals surface area contributed by atoms with Gasteiger partial charge in [0.2, 0.25) is 0 Å². The standard InChI is InChI=1S/C11H14ClN3O.ClH/c1-2-7-15-11(5-6-14-15)13-8-9-3-4-10(12)16-9;/h3-6,13H,2,7-8H2,1H3;1H. The van der Waals surface area contributed by atoms with Crippen molar-refractivity contribution in [3.63, 3.8) is 0 Å². The quantitative estimate of drug-likeness (QED) is 0.907. The smallest absolute Gasteiger partial charge is 0.193 e. The number of aromatic nitrogens is 2. The zero-order valence-electron chi connectivity index (χ0n) is 9.52. The molecule has 0 aliphatic rings. The summed E-state index contributed by atoms with van der Waals surface area (Å²) >= 11 is 5.69. The Kier molecular flexibility index (Phi) is 5.38. The van der Waals surface area contributed by atoms with Gasteiger partial charge in [0.15, 0.2) is 5.22 Å². The molecule has 0 fully saturated rings. The average molecular weight is 276 g/mol. The Hall–Kier alpha value is -1.13. The predicted molar refractivity (Wildman–Crippen MR) is 70.8 cm³/mol. The van der Waals surface area contributed by atoms with Gasteiger partial charge in [-0.15, -0.1) is 12.4 Å². The first-order chi connectivity index (χ1) is 7.79. The number of hydrogen-bond acceptors (Lipinski definition) is 3. The fourth-order valence-electron chi connectivity index (χ4n) is 1.50. The van der Waals surface area contributed by atoms with Gasteiger partial charge in [0, 0.05) is 12.6 Å². The van der Waals surface area contributed by atoms with Gasteiger partial charge < -0.3 is 9.73 Å². The number of aryl methyl sites for hydroxylation is 1. The van der Waals surface area contributed by atoms with E-state index in [0.717, 1.165) is 24.5 Å². The summed E-state index contributed by atoms with van der Waals surface area (Å²) in [6.45, 7) is 3.65. The Morgan fingerprint density at radius 3 is 2.88 bits per heavy atom. The van der Waals surface area contributed by atoms with Crippen LogP contribution in [0.2, 0.25) is 5.22 Å². The molecule has 0 aliphatic carbocycles. The van der Waals surface area contributed by atoms with Crippen LogP contribution in [0, 0.1) is 0 Å². The van der Waals surface area contributed by atoms with Crippen LogP contribution in [0.15, 0.2) is 28.8 Å². The number of nitrogens with zero attached hydrogens (tertiary/aromatic N) is 2. The highest BCUT2D eigenvalue weighted by Gasteiger charge is 2.03. The Morgan fingerprint density at radius 2 is 2.24 bits per heavy atom. The maximum absolute atomic E-state index is 5.69. The first kappa shape index (κ1) is 13.9. The van der Waals surface area contributed by atoms with Gasteiger partial charge in [0.05, 0.1) is 12.7 Å². The number of nitrogens with one attached hydrogen (secondary N) is 1. The van der Waals surface area contributed by atoms with Crippen molar-refractivity contribution in [3.05, 3.63) is 35.4 Å². The molecule has 0 aromatic carbocycles. The first-order valence-electron chi connectivity index (χ1n) is 5.29. The van der Waals surface area contributed by atoms with Gasteiger partial charge in [-0.05, 0) is 30.2 Å². The molecule has 0 atom stereocenters. The molecule has 0 saturated heterocycles. The molecule has 2 heterocycles. The second kappa shape index (κ2) is 6.57. The zero-order chi connectivity index (χ0) is 11.4. The lowest BCUT2D eigenvalue weighted by Gasteiger charge is -2.07. The zero-order valence-corrected chi connectivity index (χ0v) is 11.1. The van der Waals surface area contributed by atoms with Crippen LogP contribution in [0.5, 0.6) is 0 Å². The van der Waals surface area contributed by atoms with Gasteiger partial charge in [0.25, 0.3) is 0 Å². The van der Waals surface area contributed by atoms with Crippen molar-refractivity contribution < 1.29 is 4.42 Å². The molecule has 2 aromatic heterocycles. The van der Waals surface area contributed by atoms with Crippen molar-refractivity contribution in [2.24, 2.45) is 0 Å². The molecule has 0 spiro atoms. The summed E-state index contributed by atoms with van der Waals surface area (Å²) in [7, 11) is 0. The summed E-state index contributed by atoms with van der Waals surface area (Å²) in [6, 6.07) is 5.54. The lowest BCUT2D eigenvalue weighted by Crippen LogP contribution is -2.07. The molecule has 6 heteroatoms. The van der Waals surface area contributed by atoms with E-state index in [4.69, 9.17) is 16.0 Å². The molecule has 0 amide bonds. The largest absolute Gasteiger partial charge is 0.448 e. The summed E-state index contributed by atoms with van der Waals surface area (Å²) in [4.78, 5) is 0. The fraction of sp³-hybridized carbons (Fsp3) is 0.364. The Bertz CT molecular complexity index is 453. The van der Waals surface area contributed by atoms with E-state index in [2.05, 4.69) is 17.3 Å².